The predicted molar refractivity (Wildman–Crippen MR) is 107 cm³/mol. The highest BCUT2D eigenvalue weighted by Crippen LogP contribution is 2.25. The van der Waals surface area contributed by atoms with Crippen molar-refractivity contribution >= 4 is 29.8 Å². The van der Waals surface area contributed by atoms with Gasteiger partial charge in [-0.25, -0.2) is 9.97 Å². The smallest absolute Gasteiger partial charge is 0.225 e. The van der Waals surface area contributed by atoms with E-state index in [9.17, 15) is 0 Å². The van der Waals surface area contributed by atoms with Crippen molar-refractivity contribution in [3.63, 3.8) is 0 Å². The first-order valence-electron chi connectivity index (χ1n) is 8.88. The van der Waals surface area contributed by atoms with E-state index >= 15 is 0 Å². The first-order chi connectivity index (χ1) is 13.1. The van der Waals surface area contributed by atoms with Crippen LogP contribution < -0.4 is 9.80 Å². The van der Waals surface area contributed by atoms with Gasteiger partial charge in [0.15, 0.2) is 12.5 Å². The topological polar surface area (TPSA) is 56.2 Å². The van der Waals surface area contributed by atoms with E-state index in [0.29, 0.717) is 9.79 Å². The molecule has 27 heavy (non-hydrogen) atoms. The Morgan fingerprint density at radius 3 is 2.52 bits per heavy atom. The zero-order chi connectivity index (χ0) is 18.8. The molecule has 3 aromatic rings. The van der Waals surface area contributed by atoms with Crippen LogP contribution in [0.5, 0.6) is 0 Å². The molecule has 0 radical (unpaired) electrons. The first-order valence-corrected chi connectivity index (χ1v) is 9.66. The van der Waals surface area contributed by atoms with Gasteiger partial charge in [0.05, 0.1) is 31.2 Å². The van der Waals surface area contributed by atoms with Crippen molar-refractivity contribution in [2.24, 2.45) is 7.05 Å². The van der Waals surface area contributed by atoms with Gasteiger partial charge >= 0.3 is 0 Å². The molecule has 1 fully saturated rings. The maximum atomic E-state index is 6.34. The Hall–Kier alpha value is -2.29. The lowest BCUT2D eigenvalue weighted by atomic mass is 10.2. The minimum Gasteiger partial charge on any atom is -0.330 e. The maximum absolute atomic E-state index is 6.34. The molecule has 0 bridgehead atoms. The van der Waals surface area contributed by atoms with Crippen molar-refractivity contribution in [1.29, 1.82) is 0 Å². The SMILES string of the molecule is Cn1c(-c2ccccc2Cl)nn(C[NH+]2CCN(c3ncccn3)CC2)c1=S. The van der Waals surface area contributed by atoms with Gasteiger partial charge in [-0.3, -0.25) is 0 Å². The fourth-order valence-electron chi connectivity index (χ4n) is 3.32. The summed E-state index contributed by atoms with van der Waals surface area (Å²) in [6.45, 7) is 4.53. The highest BCUT2D eigenvalue weighted by molar-refractivity contribution is 7.71. The average molecular weight is 403 g/mol. The fourth-order valence-corrected chi connectivity index (χ4v) is 3.73. The van der Waals surface area contributed by atoms with Gasteiger partial charge in [-0.1, -0.05) is 23.7 Å². The molecule has 0 saturated carbocycles. The van der Waals surface area contributed by atoms with E-state index in [2.05, 4.69) is 14.9 Å². The second kappa shape index (κ2) is 7.75. The van der Waals surface area contributed by atoms with Crippen LogP contribution in [0.15, 0.2) is 42.7 Å². The quantitative estimate of drug-likeness (QED) is 0.669. The molecule has 140 valence electrons. The molecule has 7 nitrogen and oxygen atoms in total. The van der Waals surface area contributed by atoms with Gasteiger partial charge in [-0.15, -0.1) is 5.10 Å². The normalized spacial score (nSPS) is 15.3. The summed E-state index contributed by atoms with van der Waals surface area (Å²) in [4.78, 5) is 12.3. The molecule has 1 N–H and O–H groups in total. The van der Waals surface area contributed by atoms with Gasteiger partial charge in [-0.2, -0.15) is 4.68 Å². The molecule has 0 atom stereocenters. The van der Waals surface area contributed by atoms with Gasteiger partial charge < -0.3 is 14.4 Å². The average Bonchev–Trinajstić information content (AvgIpc) is 2.98. The minimum atomic E-state index is 0.677. The summed E-state index contributed by atoms with van der Waals surface area (Å²) in [5.74, 6) is 1.59. The van der Waals surface area contributed by atoms with E-state index in [1.165, 1.54) is 4.90 Å². The van der Waals surface area contributed by atoms with Crippen molar-refractivity contribution < 1.29 is 4.90 Å². The maximum Gasteiger partial charge on any atom is 0.225 e. The lowest BCUT2D eigenvalue weighted by molar-refractivity contribution is -0.924. The van der Waals surface area contributed by atoms with Crippen molar-refractivity contribution in [3.05, 3.63) is 52.5 Å². The second-order valence-corrected chi connectivity index (χ2v) is 7.36. The van der Waals surface area contributed by atoms with Crippen LogP contribution in [0, 0.1) is 4.77 Å². The summed E-state index contributed by atoms with van der Waals surface area (Å²) < 4.78 is 4.52. The van der Waals surface area contributed by atoms with Gasteiger partial charge in [0.25, 0.3) is 0 Å². The summed E-state index contributed by atoms with van der Waals surface area (Å²) >= 11 is 11.9. The van der Waals surface area contributed by atoms with Crippen molar-refractivity contribution in [1.82, 2.24) is 24.3 Å². The van der Waals surface area contributed by atoms with Gasteiger partial charge in [0.2, 0.25) is 10.7 Å². The largest absolute Gasteiger partial charge is 0.330 e. The standard InChI is InChI=1S/C18H20ClN7S/c1-23-16(14-5-2-3-6-15(14)19)22-26(18(23)27)13-24-9-11-25(12-10-24)17-20-7-4-8-21-17/h2-8H,9-13H2,1H3/p+1. The third kappa shape index (κ3) is 3.73. The lowest BCUT2D eigenvalue weighted by Crippen LogP contribution is -3.14. The number of hydrogen-bond donors (Lipinski definition) is 1. The zero-order valence-electron chi connectivity index (χ0n) is 15.0. The number of nitrogens with one attached hydrogen (secondary N) is 1. The van der Waals surface area contributed by atoms with E-state index in [0.717, 1.165) is 50.2 Å². The minimum absolute atomic E-state index is 0.677. The highest BCUT2D eigenvalue weighted by Gasteiger charge is 2.23. The first kappa shape index (κ1) is 18.1. The van der Waals surface area contributed by atoms with Crippen molar-refractivity contribution in [2.75, 3.05) is 31.1 Å². The summed E-state index contributed by atoms with van der Waals surface area (Å²) in [6.07, 6.45) is 3.57. The molecule has 4 rings (SSSR count). The predicted octanol–water partition coefficient (Wildman–Crippen LogP) is 1.42. The molecular weight excluding hydrogens is 382 g/mol. The fraction of sp³-hybridized carbons (Fsp3) is 0.333. The Bertz CT molecular complexity index is 977. The molecule has 0 amide bonds. The van der Waals surface area contributed by atoms with Crippen LogP contribution in [0.3, 0.4) is 0 Å². The molecule has 2 aromatic heterocycles. The molecule has 0 unspecified atom stereocenters. The molecule has 0 spiro atoms. The number of piperazine rings is 1. The van der Waals surface area contributed by atoms with Crippen LogP contribution >= 0.6 is 23.8 Å². The summed E-state index contributed by atoms with van der Waals surface area (Å²) in [7, 11) is 1.94. The summed E-state index contributed by atoms with van der Waals surface area (Å²) in [5.41, 5.74) is 0.896. The molecule has 0 aliphatic carbocycles. The number of hydrogen-bond acceptors (Lipinski definition) is 5. The number of aromatic nitrogens is 5. The molecule has 1 saturated heterocycles. The van der Waals surface area contributed by atoms with Crippen molar-refractivity contribution in [3.8, 4) is 11.4 Å². The van der Waals surface area contributed by atoms with Crippen LogP contribution in [-0.4, -0.2) is 50.5 Å². The van der Waals surface area contributed by atoms with Gasteiger partial charge in [0.1, 0.15) is 0 Å². The summed E-state index contributed by atoms with van der Waals surface area (Å²) in [5, 5.41) is 5.42. The molecule has 3 heterocycles. The zero-order valence-corrected chi connectivity index (χ0v) is 16.6. The monoisotopic (exact) mass is 402 g/mol. The van der Waals surface area contributed by atoms with Crippen LogP contribution in [0.25, 0.3) is 11.4 Å². The third-order valence-electron chi connectivity index (χ3n) is 4.83. The molecule has 1 aromatic carbocycles. The second-order valence-electron chi connectivity index (χ2n) is 6.59. The van der Waals surface area contributed by atoms with Crippen LogP contribution in [0.2, 0.25) is 5.02 Å². The van der Waals surface area contributed by atoms with E-state index in [4.69, 9.17) is 28.9 Å². The molecule has 1 aliphatic rings. The van der Waals surface area contributed by atoms with Crippen LogP contribution in [-0.2, 0) is 13.7 Å². The number of rotatable bonds is 4. The van der Waals surface area contributed by atoms with Crippen LogP contribution in [0.1, 0.15) is 0 Å². The Balaban J connectivity index is 1.47. The highest BCUT2D eigenvalue weighted by atomic mass is 35.5. The Morgan fingerprint density at radius 2 is 1.81 bits per heavy atom. The number of benzene rings is 1. The number of nitrogens with zero attached hydrogens (tertiary/aromatic N) is 6. The van der Waals surface area contributed by atoms with Gasteiger partial charge in [-0.05, 0) is 30.4 Å². The Morgan fingerprint density at radius 1 is 1.11 bits per heavy atom. The number of anilines is 1. The van der Waals surface area contributed by atoms with Crippen LogP contribution in [0.4, 0.5) is 5.95 Å². The number of quaternary nitrogens is 1. The van der Waals surface area contributed by atoms with E-state index in [1.54, 1.807) is 12.4 Å². The Labute approximate surface area is 167 Å². The van der Waals surface area contributed by atoms with E-state index in [1.807, 2.05) is 46.6 Å². The van der Waals surface area contributed by atoms with Gasteiger partial charge in [0, 0.05) is 25.0 Å². The van der Waals surface area contributed by atoms with E-state index in [-0.39, 0.29) is 0 Å². The lowest BCUT2D eigenvalue weighted by Gasteiger charge is -2.31. The van der Waals surface area contributed by atoms with Crippen molar-refractivity contribution in [2.45, 2.75) is 6.67 Å². The number of halogens is 1. The summed E-state index contributed by atoms with van der Waals surface area (Å²) in [6, 6.07) is 9.55. The van der Waals surface area contributed by atoms with E-state index < -0.39 is 0 Å². The molecular formula is C18H21ClN7S+. The molecule has 1 aliphatic heterocycles. The third-order valence-corrected chi connectivity index (χ3v) is 5.65. The Kier molecular flexibility index (Phi) is 5.20. The molecule has 9 heteroatoms.